The molecule has 6 heteroatoms. The van der Waals surface area contributed by atoms with E-state index in [-0.39, 0.29) is 5.91 Å². The van der Waals surface area contributed by atoms with Gasteiger partial charge < -0.3 is 9.73 Å². The molecule has 2 aromatic heterocycles. The van der Waals surface area contributed by atoms with Crippen LogP contribution in [0.1, 0.15) is 23.6 Å². The highest BCUT2D eigenvalue weighted by Gasteiger charge is 2.17. The van der Waals surface area contributed by atoms with Gasteiger partial charge in [0.25, 0.3) is 0 Å². The highest BCUT2D eigenvalue weighted by atomic mass is 32.1. The van der Waals surface area contributed by atoms with E-state index in [0.29, 0.717) is 11.7 Å². The number of hydrogen-bond acceptors (Lipinski definition) is 5. The Labute approximate surface area is 133 Å². The van der Waals surface area contributed by atoms with Crippen LogP contribution in [-0.4, -0.2) is 35.4 Å². The number of rotatable bonds is 4. The lowest BCUT2D eigenvalue weighted by Crippen LogP contribution is -2.36. The van der Waals surface area contributed by atoms with E-state index in [1.54, 1.807) is 0 Å². The maximum Gasteiger partial charge on any atom is 0.240 e. The van der Waals surface area contributed by atoms with Crippen molar-refractivity contribution < 1.29 is 9.21 Å². The highest BCUT2D eigenvalue weighted by Crippen LogP contribution is 2.24. The summed E-state index contributed by atoms with van der Waals surface area (Å²) in [5.74, 6) is 1.86. The smallest absolute Gasteiger partial charge is 0.240 e. The number of aromatic nitrogens is 1. The number of nitrogens with one attached hydrogen (secondary N) is 1. The number of thiazole rings is 1. The minimum atomic E-state index is -0.0138. The van der Waals surface area contributed by atoms with E-state index in [9.17, 15) is 4.79 Å². The number of aryl methyl sites for hydroxylation is 2. The summed E-state index contributed by atoms with van der Waals surface area (Å²) in [6.45, 7) is 5.87. The molecule has 0 bridgehead atoms. The lowest BCUT2D eigenvalue weighted by atomic mass is 10.1. The average molecular weight is 317 g/mol. The lowest BCUT2D eigenvalue weighted by Gasteiger charge is -2.24. The zero-order chi connectivity index (χ0) is 15.5. The van der Waals surface area contributed by atoms with E-state index < -0.39 is 0 Å². The van der Waals surface area contributed by atoms with Crippen molar-refractivity contribution in [2.24, 2.45) is 0 Å². The fourth-order valence-electron chi connectivity index (χ4n) is 2.46. The van der Waals surface area contributed by atoms with E-state index in [0.717, 1.165) is 36.7 Å². The number of hydrogen-bond donors (Lipinski definition) is 1. The summed E-state index contributed by atoms with van der Waals surface area (Å²) < 4.78 is 5.65. The molecule has 1 aliphatic rings. The summed E-state index contributed by atoms with van der Waals surface area (Å²) in [5, 5.41) is 5.44. The van der Waals surface area contributed by atoms with Crippen LogP contribution in [0.25, 0.3) is 5.57 Å². The SMILES string of the molecule is Cc1csc(NC(=O)CN2CC=C(c3ccc(C)o3)CC2)n1. The first-order valence-electron chi connectivity index (χ1n) is 7.30. The van der Waals surface area contributed by atoms with E-state index in [2.05, 4.69) is 21.3 Å². The van der Waals surface area contributed by atoms with Crippen LogP contribution in [0.2, 0.25) is 0 Å². The van der Waals surface area contributed by atoms with Gasteiger partial charge in [0.15, 0.2) is 5.13 Å². The second-order valence-electron chi connectivity index (χ2n) is 5.47. The summed E-state index contributed by atoms with van der Waals surface area (Å²) in [7, 11) is 0. The van der Waals surface area contributed by atoms with Crippen LogP contribution in [0, 0.1) is 13.8 Å². The fraction of sp³-hybridized carbons (Fsp3) is 0.375. The zero-order valence-electron chi connectivity index (χ0n) is 12.8. The van der Waals surface area contributed by atoms with Gasteiger partial charge in [-0.25, -0.2) is 4.98 Å². The Morgan fingerprint density at radius 1 is 1.45 bits per heavy atom. The van der Waals surface area contributed by atoms with Crippen molar-refractivity contribution in [1.82, 2.24) is 9.88 Å². The number of furan rings is 1. The molecule has 2 aromatic rings. The standard InChI is InChI=1S/C16H19N3O2S/c1-11-10-22-16(17-11)18-15(20)9-19-7-5-13(6-8-19)14-4-3-12(2)21-14/h3-5,10H,6-9H2,1-2H3,(H,17,18,20). The summed E-state index contributed by atoms with van der Waals surface area (Å²) >= 11 is 1.45. The largest absolute Gasteiger partial charge is 0.462 e. The molecule has 22 heavy (non-hydrogen) atoms. The third kappa shape index (κ3) is 3.64. The van der Waals surface area contributed by atoms with Gasteiger partial charge in [-0.05, 0) is 38.0 Å². The molecule has 0 fully saturated rings. The van der Waals surface area contributed by atoms with Crippen molar-refractivity contribution in [2.45, 2.75) is 20.3 Å². The molecule has 0 unspecified atom stereocenters. The predicted molar refractivity (Wildman–Crippen MR) is 88.0 cm³/mol. The van der Waals surface area contributed by atoms with Crippen LogP contribution < -0.4 is 5.32 Å². The number of nitrogens with zero attached hydrogens (tertiary/aromatic N) is 2. The molecule has 0 saturated heterocycles. The van der Waals surface area contributed by atoms with Gasteiger partial charge in [-0.2, -0.15) is 0 Å². The third-order valence-corrected chi connectivity index (χ3v) is 4.46. The molecule has 5 nitrogen and oxygen atoms in total. The molecule has 0 atom stereocenters. The first-order valence-corrected chi connectivity index (χ1v) is 8.18. The van der Waals surface area contributed by atoms with Gasteiger partial charge in [0.05, 0.1) is 12.2 Å². The molecule has 1 amide bonds. The van der Waals surface area contributed by atoms with Gasteiger partial charge in [0, 0.05) is 18.5 Å². The quantitative estimate of drug-likeness (QED) is 0.941. The van der Waals surface area contributed by atoms with E-state index >= 15 is 0 Å². The van der Waals surface area contributed by atoms with Crippen molar-refractivity contribution in [3.8, 4) is 0 Å². The van der Waals surface area contributed by atoms with Crippen molar-refractivity contribution in [3.05, 3.63) is 40.8 Å². The Hall–Kier alpha value is -1.92. The molecule has 0 aliphatic carbocycles. The van der Waals surface area contributed by atoms with Gasteiger partial charge >= 0.3 is 0 Å². The summed E-state index contributed by atoms with van der Waals surface area (Å²) in [5.41, 5.74) is 2.15. The van der Waals surface area contributed by atoms with Crippen molar-refractivity contribution in [2.75, 3.05) is 25.0 Å². The zero-order valence-corrected chi connectivity index (χ0v) is 13.6. The summed E-state index contributed by atoms with van der Waals surface area (Å²) in [4.78, 5) is 18.4. The molecule has 1 aliphatic heterocycles. The van der Waals surface area contributed by atoms with Gasteiger partial charge in [0.2, 0.25) is 5.91 Å². The van der Waals surface area contributed by atoms with Gasteiger partial charge in [-0.1, -0.05) is 6.08 Å². The fourth-order valence-corrected chi connectivity index (χ4v) is 3.16. The number of carbonyl (C=O) groups is 1. The number of carbonyl (C=O) groups excluding carboxylic acids is 1. The Morgan fingerprint density at radius 3 is 2.91 bits per heavy atom. The maximum atomic E-state index is 12.0. The molecule has 0 spiro atoms. The second kappa shape index (κ2) is 6.46. The molecule has 3 heterocycles. The Balaban J connectivity index is 1.53. The third-order valence-electron chi connectivity index (χ3n) is 3.58. The number of amides is 1. The van der Waals surface area contributed by atoms with Crippen molar-refractivity contribution in [3.63, 3.8) is 0 Å². The lowest BCUT2D eigenvalue weighted by molar-refractivity contribution is -0.117. The van der Waals surface area contributed by atoms with Crippen molar-refractivity contribution in [1.29, 1.82) is 0 Å². The minimum Gasteiger partial charge on any atom is -0.462 e. The molecule has 0 aromatic carbocycles. The summed E-state index contributed by atoms with van der Waals surface area (Å²) in [6.07, 6.45) is 3.04. The van der Waals surface area contributed by atoms with Crippen LogP contribution in [0.4, 0.5) is 5.13 Å². The Bertz CT molecular complexity index is 702. The highest BCUT2D eigenvalue weighted by molar-refractivity contribution is 7.13. The molecule has 1 N–H and O–H groups in total. The van der Waals surface area contributed by atoms with E-state index in [4.69, 9.17) is 4.42 Å². The normalized spacial score (nSPS) is 15.6. The van der Waals surface area contributed by atoms with E-state index in [1.165, 1.54) is 16.9 Å². The van der Waals surface area contributed by atoms with Crippen LogP contribution in [0.15, 0.2) is 28.0 Å². The van der Waals surface area contributed by atoms with Gasteiger partial charge in [-0.3, -0.25) is 9.69 Å². The monoisotopic (exact) mass is 317 g/mol. The Kier molecular flexibility index (Phi) is 4.40. The van der Waals surface area contributed by atoms with Crippen LogP contribution >= 0.6 is 11.3 Å². The molecule has 116 valence electrons. The average Bonchev–Trinajstić information content (AvgIpc) is 3.08. The second-order valence-corrected chi connectivity index (χ2v) is 6.33. The van der Waals surface area contributed by atoms with Crippen LogP contribution in [-0.2, 0) is 4.79 Å². The topological polar surface area (TPSA) is 58.4 Å². The van der Waals surface area contributed by atoms with Gasteiger partial charge in [0.1, 0.15) is 11.5 Å². The van der Waals surface area contributed by atoms with Crippen LogP contribution in [0.3, 0.4) is 0 Å². The maximum absolute atomic E-state index is 12.0. The van der Waals surface area contributed by atoms with Crippen molar-refractivity contribution >= 4 is 27.9 Å². The number of anilines is 1. The first-order chi connectivity index (χ1) is 10.6. The van der Waals surface area contributed by atoms with Gasteiger partial charge in [-0.15, -0.1) is 11.3 Å². The summed E-state index contributed by atoms with van der Waals surface area (Å²) in [6, 6.07) is 3.99. The van der Waals surface area contributed by atoms with E-state index in [1.807, 2.05) is 31.4 Å². The molecular formula is C16H19N3O2S. The Morgan fingerprint density at radius 2 is 2.32 bits per heavy atom. The minimum absolute atomic E-state index is 0.0138. The first kappa shape index (κ1) is 15.0. The molecule has 3 rings (SSSR count). The molecule has 0 saturated carbocycles. The predicted octanol–water partition coefficient (Wildman–Crippen LogP) is 3.08. The molecular weight excluding hydrogens is 298 g/mol. The van der Waals surface area contributed by atoms with Crippen LogP contribution in [0.5, 0.6) is 0 Å². The molecule has 0 radical (unpaired) electrons.